The predicted molar refractivity (Wildman–Crippen MR) is 51.0 cm³/mol. The number of carbonyl (C=O) groups excluding carboxylic acids is 2. The highest BCUT2D eigenvalue weighted by Crippen LogP contribution is 2.22. The number of esters is 2. The molecule has 2 unspecified atom stereocenters. The maximum atomic E-state index is 10.7. The molecule has 1 fully saturated rings. The van der Waals surface area contributed by atoms with Gasteiger partial charge in [-0.3, -0.25) is 0 Å². The van der Waals surface area contributed by atoms with Crippen LogP contribution in [0.2, 0.25) is 0 Å². The Morgan fingerprint density at radius 2 is 1.47 bits per heavy atom. The average molecular weight is 212 g/mol. The van der Waals surface area contributed by atoms with Gasteiger partial charge < -0.3 is 14.2 Å². The fourth-order valence-corrected chi connectivity index (χ4v) is 0.919. The van der Waals surface area contributed by atoms with Crippen molar-refractivity contribution in [2.75, 3.05) is 13.2 Å². The van der Waals surface area contributed by atoms with E-state index in [1.54, 1.807) is 0 Å². The highest BCUT2D eigenvalue weighted by atomic mass is 16.6. The number of epoxide rings is 1. The molecule has 0 amide bonds. The number of rotatable bonds is 6. The smallest absolute Gasteiger partial charge is 0.330 e. The molecule has 1 rings (SSSR count). The molecule has 5 heteroatoms. The van der Waals surface area contributed by atoms with Gasteiger partial charge in [0.2, 0.25) is 0 Å². The van der Waals surface area contributed by atoms with Crippen LogP contribution < -0.4 is 0 Å². The SMILES string of the molecule is C=CC(=O)OCC1OC1COC(=O)C=C. The Kier molecular flexibility index (Phi) is 4.05. The van der Waals surface area contributed by atoms with Gasteiger partial charge >= 0.3 is 11.9 Å². The third-order valence-electron chi connectivity index (χ3n) is 1.80. The molecule has 1 heterocycles. The zero-order valence-electron chi connectivity index (χ0n) is 8.18. The van der Waals surface area contributed by atoms with Crippen molar-refractivity contribution in [2.45, 2.75) is 12.2 Å². The minimum absolute atomic E-state index is 0.154. The molecule has 0 aliphatic carbocycles. The lowest BCUT2D eigenvalue weighted by molar-refractivity contribution is -0.139. The van der Waals surface area contributed by atoms with Gasteiger partial charge in [0.25, 0.3) is 0 Å². The molecular formula is C10H12O5. The molecule has 1 saturated heterocycles. The Morgan fingerprint density at radius 3 is 1.80 bits per heavy atom. The molecule has 0 radical (unpaired) electrons. The highest BCUT2D eigenvalue weighted by molar-refractivity contribution is 5.81. The second kappa shape index (κ2) is 5.31. The molecule has 82 valence electrons. The van der Waals surface area contributed by atoms with Gasteiger partial charge in [-0.15, -0.1) is 0 Å². The summed E-state index contributed by atoms with van der Waals surface area (Å²) in [5.41, 5.74) is 0. The Balaban J connectivity index is 2.07. The third kappa shape index (κ3) is 3.95. The minimum Gasteiger partial charge on any atom is -0.460 e. The molecule has 0 aromatic carbocycles. The first-order valence-electron chi connectivity index (χ1n) is 4.41. The summed E-state index contributed by atoms with van der Waals surface area (Å²) in [6.45, 7) is 6.81. The molecule has 2 atom stereocenters. The van der Waals surface area contributed by atoms with E-state index in [-0.39, 0.29) is 25.4 Å². The van der Waals surface area contributed by atoms with E-state index in [1.807, 2.05) is 0 Å². The standard InChI is InChI=1S/C10H12O5/c1-3-9(11)13-5-7-8(15-7)6-14-10(12)4-2/h3-4,7-8H,1-2,5-6H2. The second-order valence-corrected chi connectivity index (χ2v) is 2.88. The zero-order chi connectivity index (χ0) is 11.3. The molecule has 0 aromatic rings. The number of carbonyl (C=O) groups is 2. The molecule has 5 nitrogen and oxygen atoms in total. The van der Waals surface area contributed by atoms with Crippen LogP contribution in [0.4, 0.5) is 0 Å². The van der Waals surface area contributed by atoms with Crippen molar-refractivity contribution < 1.29 is 23.8 Å². The lowest BCUT2D eigenvalue weighted by atomic mass is 10.3. The van der Waals surface area contributed by atoms with E-state index < -0.39 is 11.9 Å². The van der Waals surface area contributed by atoms with E-state index in [0.29, 0.717) is 0 Å². The van der Waals surface area contributed by atoms with Crippen molar-refractivity contribution in [2.24, 2.45) is 0 Å². The zero-order valence-corrected chi connectivity index (χ0v) is 8.18. The van der Waals surface area contributed by atoms with E-state index in [1.165, 1.54) is 0 Å². The lowest BCUT2D eigenvalue weighted by Gasteiger charge is -1.98. The molecule has 0 N–H and O–H groups in total. The van der Waals surface area contributed by atoms with Crippen LogP contribution in [-0.4, -0.2) is 37.4 Å². The Bertz CT molecular complexity index is 256. The number of ether oxygens (including phenoxy) is 3. The maximum Gasteiger partial charge on any atom is 0.330 e. The molecular weight excluding hydrogens is 200 g/mol. The van der Waals surface area contributed by atoms with E-state index in [9.17, 15) is 9.59 Å². The van der Waals surface area contributed by atoms with Crippen molar-refractivity contribution in [1.82, 2.24) is 0 Å². The van der Waals surface area contributed by atoms with Gasteiger partial charge in [0, 0.05) is 12.2 Å². The molecule has 1 aliphatic heterocycles. The van der Waals surface area contributed by atoms with Gasteiger partial charge in [0.05, 0.1) is 0 Å². The van der Waals surface area contributed by atoms with Crippen LogP contribution in [0.3, 0.4) is 0 Å². The first-order chi connectivity index (χ1) is 7.17. The maximum absolute atomic E-state index is 10.7. The minimum atomic E-state index is -0.493. The Hall–Kier alpha value is -1.62. The number of hydrogen-bond donors (Lipinski definition) is 0. The van der Waals surface area contributed by atoms with Gasteiger partial charge in [-0.1, -0.05) is 13.2 Å². The quantitative estimate of drug-likeness (QED) is 0.358. The van der Waals surface area contributed by atoms with Gasteiger partial charge in [-0.25, -0.2) is 9.59 Å². The van der Waals surface area contributed by atoms with E-state index in [4.69, 9.17) is 14.2 Å². The highest BCUT2D eigenvalue weighted by Gasteiger charge is 2.40. The first-order valence-corrected chi connectivity index (χ1v) is 4.41. The van der Waals surface area contributed by atoms with E-state index >= 15 is 0 Å². The van der Waals surface area contributed by atoms with Crippen molar-refractivity contribution in [3.8, 4) is 0 Å². The van der Waals surface area contributed by atoms with Crippen molar-refractivity contribution in [3.05, 3.63) is 25.3 Å². The first kappa shape index (κ1) is 11.5. The fraction of sp³-hybridized carbons (Fsp3) is 0.400. The summed E-state index contributed by atoms with van der Waals surface area (Å²) in [6.07, 6.45) is 1.78. The van der Waals surface area contributed by atoms with Crippen LogP contribution in [0.5, 0.6) is 0 Å². The Morgan fingerprint density at radius 1 is 1.07 bits per heavy atom. The third-order valence-corrected chi connectivity index (χ3v) is 1.80. The van der Waals surface area contributed by atoms with Gasteiger partial charge in [-0.2, -0.15) is 0 Å². The van der Waals surface area contributed by atoms with Gasteiger partial charge in [0.15, 0.2) is 0 Å². The normalized spacial score (nSPS) is 22.7. The van der Waals surface area contributed by atoms with Crippen LogP contribution in [0.1, 0.15) is 0 Å². The van der Waals surface area contributed by atoms with Crippen LogP contribution in [0.15, 0.2) is 25.3 Å². The monoisotopic (exact) mass is 212 g/mol. The second-order valence-electron chi connectivity index (χ2n) is 2.88. The molecule has 0 spiro atoms. The summed E-state index contributed by atoms with van der Waals surface area (Å²) in [6, 6.07) is 0. The lowest BCUT2D eigenvalue weighted by Crippen LogP contribution is -2.13. The predicted octanol–water partition coefficient (Wildman–Crippen LogP) is 0.212. The van der Waals surface area contributed by atoms with Crippen LogP contribution in [0.25, 0.3) is 0 Å². The summed E-state index contributed by atoms with van der Waals surface area (Å²) in [4.78, 5) is 21.3. The molecule has 0 bridgehead atoms. The van der Waals surface area contributed by atoms with Crippen LogP contribution in [0, 0.1) is 0 Å². The van der Waals surface area contributed by atoms with Crippen LogP contribution in [-0.2, 0) is 23.8 Å². The van der Waals surface area contributed by atoms with Gasteiger partial charge in [0.1, 0.15) is 25.4 Å². The summed E-state index contributed by atoms with van der Waals surface area (Å²) in [5.74, 6) is -0.986. The summed E-state index contributed by atoms with van der Waals surface area (Å²) < 4.78 is 14.6. The molecule has 0 saturated carbocycles. The van der Waals surface area contributed by atoms with E-state index in [2.05, 4.69) is 13.2 Å². The molecule has 1 aliphatic rings. The average Bonchev–Trinajstić information content (AvgIpc) is 3.01. The van der Waals surface area contributed by atoms with Crippen molar-refractivity contribution >= 4 is 11.9 Å². The van der Waals surface area contributed by atoms with Crippen molar-refractivity contribution in [3.63, 3.8) is 0 Å². The fourth-order valence-electron chi connectivity index (χ4n) is 0.919. The van der Waals surface area contributed by atoms with Gasteiger partial charge in [-0.05, 0) is 0 Å². The van der Waals surface area contributed by atoms with Crippen LogP contribution >= 0.6 is 0 Å². The Labute approximate surface area is 87.3 Å². The number of hydrogen-bond acceptors (Lipinski definition) is 5. The van der Waals surface area contributed by atoms with E-state index in [0.717, 1.165) is 12.2 Å². The summed E-state index contributed by atoms with van der Waals surface area (Å²) in [5, 5.41) is 0. The summed E-state index contributed by atoms with van der Waals surface area (Å²) >= 11 is 0. The van der Waals surface area contributed by atoms with Crippen molar-refractivity contribution in [1.29, 1.82) is 0 Å². The topological polar surface area (TPSA) is 65.1 Å². The summed E-state index contributed by atoms with van der Waals surface area (Å²) in [7, 11) is 0. The largest absolute Gasteiger partial charge is 0.460 e. The molecule has 0 aromatic heterocycles. The molecule has 15 heavy (non-hydrogen) atoms.